The third-order valence-corrected chi connectivity index (χ3v) is 9.42. The van der Waals surface area contributed by atoms with Crippen molar-refractivity contribution in [1.29, 1.82) is 0 Å². The Labute approximate surface area is 264 Å². The van der Waals surface area contributed by atoms with Gasteiger partial charge in [-0.3, -0.25) is 0 Å². The molecule has 1 fully saturated rings. The third kappa shape index (κ3) is 7.84. The molecule has 0 saturated carbocycles. The Morgan fingerprint density at radius 1 is 0.488 bits per heavy atom. The summed E-state index contributed by atoms with van der Waals surface area (Å²) in [6.07, 6.45) is 2.26. The van der Waals surface area contributed by atoms with Gasteiger partial charge in [-0.1, -0.05) is 130 Å². The summed E-state index contributed by atoms with van der Waals surface area (Å²) in [5, 5.41) is 0. The van der Waals surface area contributed by atoms with Gasteiger partial charge in [-0.2, -0.15) is 0 Å². The van der Waals surface area contributed by atoms with Crippen molar-refractivity contribution in [1.82, 2.24) is 0 Å². The first-order valence-electron chi connectivity index (χ1n) is 16.2. The van der Waals surface area contributed by atoms with Gasteiger partial charge in [0.1, 0.15) is 0 Å². The predicted molar refractivity (Wildman–Crippen MR) is 187 cm³/mol. The Kier molecular flexibility index (Phi) is 8.75. The van der Waals surface area contributed by atoms with Crippen LogP contribution >= 0.6 is 0 Å². The van der Waals surface area contributed by atoms with Gasteiger partial charge in [0.05, 0.1) is 11.2 Å². The molecular weight excluding hydrogens is 523 g/mol. The quantitative estimate of drug-likeness (QED) is 0.259. The van der Waals surface area contributed by atoms with Crippen LogP contribution in [-0.2, 0) is 20.1 Å². The van der Waals surface area contributed by atoms with Crippen LogP contribution in [-0.4, -0.2) is 18.3 Å². The molecule has 0 bridgehead atoms. The first-order chi connectivity index (χ1) is 19.5. The summed E-state index contributed by atoms with van der Waals surface area (Å²) < 4.78 is 13.1. The molecule has 0 radical (unpaired) electrons. The molecular formula is C40H57BO2. The van der Waals surface area contributed by atoms with Crippen LogP contribution in [0.1, 0.15) is 121 Å². The lowest BCUT2D eigenvalue weighted by molar-refractivity contribution is 0.00578. The zero-order valence-corrected chi connectivity index (χ0v) is 29.7. The fourth-order valence-corrected chi connectivity index (χ4v) is 7.18. The summed E-state index contributed by atoms with van der Waals surface area (Å²) in [7, 11) is -0.418. The molecule has 2 nitrogen and oxygen atoms in total. The molecule has 3 aromatic rings. The molecule has 0 aromatic heterocycles. The van der Waals surface area contributed by atoms with Crippen LogP contribution in [0, 0.1) is 10.8 Å². The van der Waals surface area contributed by atoms with E-state index in [0.717, 1.165) is 18.3 Å². The molecule has 3 heteroatoms. The van der Waals surface area contributed by atoms with E-state index in [0.29, 0.717) is 0 Å². The van der Waals surface area contributed by atoms with E-state index >= 15 is 0 Å². The fraction of sp³-hybridized carbons (Fsp3) is 0.550. The lowest BCUT2D eigenvalue weighted by Gasteiger charge is -2.33. The van der Waals surface area contributed by atoms with Gasteiger partial charge in [0.2, 0.25) is 0 Å². The topological polar surface area (TPSA) is 18.5 Å². The Morgan fingerprint density at radius 3 is 1.12 bits per heavy atom. The van der Waals surface area contributed by atoms with Gasteiger partial charge in [0, 0.05) is 0 Å². The van der Waals surface area contributed by atoms with Gasteiger partial charge in [0.25, 0.3) is 0 Å². The van der Waals surface area contributed by atoms with Crippen molar-refractivity contribution in [3.63, 3.8) is 0 Å². The van der Waals surface area contributed by atoms with Crippen molar-refractivity contribution in [3.8, 4) is 22.3 Å². The molecule has 0 amide bonds. The second-order valence-electron chi connectivity index (χ2n) is 17.8. The lowest BCUT2D eigenvalue weighted by atomic mass is 9.72. The van der Waals surface area contributed by atoms with E-state index in [-0.39, 0.29) is 21.7 Å². The molecule has 232 valence electrons. The lowest BCUT2D eigenvalue weighted by Crippen LogP contribution is -2.41. The summed E-state index contributed by atoms with van der Waals surface area (Å²) in [6.45, 7) is 31.8. The van der Waals surface area contributed by atoms with E-state index in [1.54, 1.807) is 0 Å². The van der Waals surface area contributed by atoms with E-state index < -0.39 is 18.3 Å². The van der Waals surface area contributed by atoms with Gasteiger partial charge in [0.15, 0.2) is 0 Å². The molecule has 0 unspecified atom stereocenters. The minimum atomic E-state index is -0.418. The van der Waals surface area contributed by atoms with Crippen molar-refractivity contribution in [2.24, 2.45) is 10.8 Å². The van der Waals surface area contributed by atoms with Crippen molar-refractivity contribution in [2.75, 3.05) is 0 Å². The third-order valence-electron chi connectivity index (χ3n) is 9.42. The maximum atomic E-state index is 6.53. The molecule has 1 heterocycles. The molecule has 0 aliphatic carbocycles. The van der Waals surface area contributed by atoms with Crippen molar-refractivity contribution in [2.45, 2.75) is 132 Å². The molecule has 0 spiro atoms. The first-order valence-corrected chi connectivity index (χ1v) is 16.2. The zero-order valence-electron chi connectivity index (χ0n) is 29.7. The Hall–Kier alpha value is -2.36. The van der Waals surface area contributed by atoms with Gasteiger partial charge in [-0.05, 0) is 107 Å². The molecule has 4 rings (SSSR count). The Bertz CT molecular complexity index is 1310. The Balaban J connectivity index is 1.75. The summed E-state index contributed by atoms with van der Waals surface area (Å²) in [4.78, 5) is 0. The van der Waals surface area contributed by atoms with Crippen LogP contribution in [0.15, 0.2) is 66.7 Å². The van der Waals surface area contributed by atoms with Gasteiger partial charge < -0.3 is 9.31 Å². The monoisotopic (exact) mass is 580 g/mol. The summed E-state index contributed by atoms with van der Waals surface area (Å²) in [6, 6.07) is 25.2. The maximum absolute atomic E-state index is 6.53. The molecule has 3 aromatic carbocycles. The van der Waals surface area contributed by atoms with E-state index in [1.807, 2.05) is 0 Å². The van der Waals surface area contributed by atoms with Crippen molar-refractivity contribution < 1.29 is 9.31 Å². The van der Waals surface area contributed by atoms with Crippen molar-refractivity contribution in [3.05, 3.63) is 77.9 Å². The smallest absolute Gasteiger partial charge is 0.399 e. The number of hydrogen-bond donors (Lipinski definition) is 0. The van der Waals surface area contributed by atoms with Crippen LogP contribution in [0.4, 0.5) is 0 Å². The van der Waals surface area contributed by atoms with E-state index in [9.17, 15) is 0 Å². The summed E-state index contributed by atoms with van der Waals surface area (Å²) >= 11 is 0. The second kappa shape index (κ2) is 11.2. The predicted octanol–water partition coefficient (Wildman–Crippen LogP) is 10.7. The van der Waals surface area contributed by atoms with Crippen LogP contribution in [0.25, 0.3) is 22.3 Å². The summed E-state index contributed by atoms with van der Waals surface area (Å²) in [5.74, 6) is 0. The molecule has 1 aliphatic heterocycles. The van der Waals surface area contributed by atoms with Crippen LogP contribution < -0.4 is 5.46 Å². The average Bonchev–Trinajstić information content (AvgIpc) is 3.08. The van der Waals surface area contributed by atoms with E-state index in [1.165, 1.54) is 33.4 Å². The van der Waals surface area contributed by atoms with Crippen LogP contribution in [0.5, 0.6) is 0 Å². The average molecular weight is 581 g/mol. The van der Waals surface area contributed by atoms with E-state index in [2.05, 4.69) is 164 Å². The highest BCUT2D eigenvalue weighted by Crippen LogP contribution is 2.40. The van der Waals surface area contributed by atoms with Gasteiger partial charge >= 0.3 is 7.12 Å². The molecule has 43 heavy (non-hydrogen) atoms. The Morgan fingerprint density at radius 2 is 0.814 bits per heavy atom. The van der Waals surface area contributed by atoms with E-state index in [4.69, 9.17) is 9.31 Å². The number of hydrogen-bond acceptors (Lipinski definition) is 2. The SMILES string of the molecule is CC(C)(C)CC(C)(C)c1ccc(-c2cc(B3OC(C)(C)C(C)(C)O3)cc(-c3ccc(C(C)(C)CC(C)(C)C)cc3)c2)cc1. The highest BCUT2D eigenvalue weighted by Gasteiger charge is 2.51. The number of benzene rings is 3. The van der Waals surface area contributed by atoms with Gasteiger partial charge in [-0.25, -0.2) is 0 Å². The van der Waals surface area contributed by atoms with Gasteiger partial charge in [-0.15, -0.1) is 0 Å². The molecule has 1 saturated heterocycles. The molecule has 1 aliphatic rings. The second-order valence-corrected chi connectivity index (χ2v) is 17.8. The van der Waals surface area contributed by atoms with Crippen LogP contribution in [0.3, 0.4) is 0 Å². The first kappa shape index (κ1) is 33.5. The summed E-state index contributed by atoms with van der Waals surface area (Å²) in [5.41, 5.74) is 8.55. The highest BCUT2D eigenvalue weighted by atomic mass is 16.7. The normalized spacial score (nSPS) is 17.4. The standard InChI is InChI=1S/C40H57BO2/c1-35(2,3)26-37(7,8)32-19-15-28(16-20-32)30-23-31(25-34(24-30)41-42-39(11,12)40(13,14)43-41)29-17-21-33(22-18-29)38(9,10)27-36(4,5)6/h15-25H,26-27H2,1-14H3. The molecule has 0 atom stereocenters. The molecule has 0 N–H and O–H groups in total. The minimum Gasteiger partial charge on any atom is -0.399 e. The van der Waals surface area contributed by atoms with Crippen LogP contribution in [0.2, 0.25) is 0 Å². The largest absolute Gasteiger partial charge is 0.494 e. The maximum Gasteiger partial charge on any atom is 0.494 e. The van der Waals surface area contributed by atoms with Crippen molar-refractivity contribution >= 4 is 12.6 Å². The zero-order chi connectivity index (χ0) is 32.2. The number of rotatable bonds is 7. The fourth-order valence-electron chi connectivity index (χ4n) is 7.18. The highest BCUT2D eigenvalue weighted by molar-refractivity contribution is 6.62. The minimum absolute atomic E-state index is 0.106.